The van der Waals surface area contributed by atoms with Crippen LogP contribution in [-0.2, 0) is 6.54 Å². The summed E-state index contributed by atoms with van der Waals surface area (Å²) in [6, 6.07) is 16.5. The summed E-state index contributed by atoms with van der Waals surface area (Å²) in [5.74, 6) is 0.768. The van der Waals surface area contributed by atoms with Crippen LogP contribution in [0, 0.1) is 15.5 Å². The first-order valence-corrected chi connectivity index (χ1v) is 8.70. The Morgan fingerprint density at radius 3 is 2.56 bits per heavy atom. The highest BCUT2D eigenvalue weighted by Crippen LogP contribution is 2.33. The Bertz CT molecular complexity index is 916. The minimum Gasteiger partial charge on any atom is -0.338 e. The molecule has 0 fully saturated rings. The normalized spacial score (nSPS) is 12.7. The van der Waals surface area contributed by atoms with E-state index in [1.807, 2.05) is 18.2 Å². The lowest BCUT2D eigenvalue weighted by Gasteiger charge is -2.31. The highest BCUT2D eigenvalue weighted by atomic mass is 16.6. The maximum Gasteiger partial charge on any atom is 0.270 e. The van der Waals surface area contributed by atoms with Crippen LogP contribution in [0.5, 0.6) is 0 Å². The van der Waals surface area contributed by atoms with Crippen molar-refractivity contribution in [3.05, 3.63) is 76.2 Å². The minimum atomic E-state index is -0.445. The quantitative estimate of drug-likeness (QED) is 0.509. The number of nitro benzene ring substituents is 1. The van der Waals surface area contributed by atoms with E-state index in [4.69, 9.17) is 4.52 Å². The fourth-order valence-corrected chi connectivity index (χ4v) is 2.96. The molecule has 1 unspecified atom stereocenters. The predicted molar refractivity (Wildman–Crippen MR) is 102 cm³/mol. The van der Waals surface area contributed by atoms with Gasteiger partial charge in [-0.25, -0.2) is 0 Å². The van der Waals surface area contributed by atoms with E-state index in [0.717, 1.165) is 0 Å². The van der Waals surface area contributed by atoms with Crippen molar-refractivity contribution in [1.29, 1.82) is 0 Å². The average Bonchev–Trinajstić information content (AvgIpc) is 3.11. The second-order valence-electron chi connectivity index (χ2n) is 7.41. The van der Waals surface area contributed by atoms with E-state index < -0.39 is 4.92 Å². The number of benzene rings is 2. The van der Waals surface area contributed by atoms with Crippen molar-refractivity contribution in [2.24, 2.45) is 5.41 Å². The molecule has 140 valence electrons. The number of hydrogen-bond donors (Lipinski definition) is 1. The molecule has 0 aliphatic heterocycles. The molecule has 27 heavy (non-hydrogen) atoms. The second-order valence-corrected chi connectivity index (χ2v) is 7.41. The van der Waals surface area contributed by atoms with Crippen LogP contribution < -0.4 is 5.32 Å². The summed E-state index contributed by atoms with van der Waals surface area (Å²) in [5, 5.41) is 18.4. The Kier molecular flexibility index (Phi) is 5.32. The van der Waals surface area contributed by atoms with Gasteiger partial charge in [0.05, 0.1) is 11.5 Å². The molecule has 2 aromatic carbocycles. The Hall–Kier alpha value is -3.06. The summed E-state index contributed by atoms with van der Waals surface area (Å²) in [7, 11) is 0. The molecule has 1 heterocycles. The first kappa shape index (κ1) is 18.7. The summed E-state index contributed by atoms with van der Waals surface area (Å²) >= 11 is 0. The third kappa shape index (κ3) is 4.57. The van der Waals surface area contributed by atoms with Crippen LogP contribution in [0.2, 0.25) is 0 Å². The smallest absolute Gasteiger partial charge is 0.270 e. The zero-order chi connectivity index (χ0) is 19.4. The highest BCUT2D eigenvalue weighted by molar-refractivity contribution is 5.58. The van der Waals surface area contributed by atoms with Crippen molar-refractivity contribution in [1.82, 2.24) is 15.5 Å². The number of aromatic nitrogens is 2. The number of nitrogens with one attached hydrogen (secondary N) is 1. The molecule has 0 aliphatic carbocycles. The van der Waals surface area contributed by atoms with E-state index in [-0.39, 0.29) is 17.1 Å². The van der Waals surface area contributed by atoms with Crippen molar-refractivity contribution < 1.29 is 9.45 Å². The Morgan fingerprint density at radius 2 is 1.89 bits per heavy atom. The van der Waals surface area contributed by atoms with Crippen LogP contribution in [0.15, 0.2) is 59.1 Å². The van der Waals surface area contributed by atoms with Crippen molar-refractivity contribution in [3.8, 4) is 11.4 Å². The first-order chi connectivity index (χ1) is 12.8. The van der Waals surface area contributed by atoms with Crippen LogP contribution >= 0.6 is 0 Å². The lowest BCUT2D eigenvalue weighted by atomic mass is 9.82. The first-order valence-electron chi connectivity index (χ1n) is 8.70. The fourth-order valence-electron chi connectivity index (χ4n) is 2.96. The van der Waals surface area contributed by atoms with Gasteiger partial charge in [-0.3, -0.25) is 10.1 Å². The molecule has 7 heteroatoms. The maximum absolute atomic E-state index is 10.9. The Balaban J connectivity index is 1.75. The molecule has 0 aliphatic rings. The third-order valence-corrected chi connectivity index (χ3v) is 4.24. The molecule has 1 atom stereocenters. The number of non-ortho nitro benzene ring substituents is 1. The van der Waals surface area contributed by atoms with E-state index in [1.165, 1.54) is 17.7 Å². The zero-order valence-electron chi connectivity index (χ0n) is 15.5. The van der Waals surface area contributed by atoms with Crippen molar-refractivity contribution in [2.75, 3.05) is 0 Å². The predicted octanol–water partition coefficient (Wildman–Crippen LogP) is 4.52. The van der Waals surface area contributed by atoms with Gasteiger partial charge in [0.1, 0.15) is 0 Å². The Labute approximate surface area is 157 Å². The molecule has 7 nitrogen and oxygen atoms in total. The molecule has 0 amide bonds. The molecule has 3 rings (SSSR count). The molecular weight excluding hydrogens is 344 g/mol. The summed E-state index contributed by atoms with van der Waals surface area (Å²) < 4.78 is 5.32. The van der Waals surface area contributed by atoms with Crippen LogP contribution in [0.1, 0.15) is 38.3 Å². The van der Waals surface area contributed by atoms with E-state index in [9.17, 15) is 10.1 Å². The van der Waals surface area contributed by atoms with Crippen molar-refractivity contribution in [2.45, 2.75) is 33.4 Å². The molecule has 1 aromatic heterocycles. The number of nitrogens with zero attached hydrogens (tertiary/aromatic N) is 3. The number of hydrogen-bond acceptors (Lipinski definition) is 6. The lowest BCUT2D eigenvalue weighted by molar-refractivity contribution is -0.384. The van der Waals surface area contributed by atoms with Gasteiger partial charge in [0, 0.05) is 23.7 Å². The molecule has 0 spiro atoms. The van der Waals surface area contributed by atoms with E-state index in [1.54, 1.807) is 12.1 Å². The summed E-state index contributed by atoms with van der Waals surface area (Å²) in [6.45, 7) is 6.90. The minimum absolute atomic E-state index is 0.00570. The van der Waals surface area contributed by atoms with Crippen LogP contribution in [-0.4, -0.2) is 15.1 Å². The summed E-state index contributed by atoms with van der Waals surface area (Å²) in [5.41, 5.74) is 1.72. The SMILES string of the molecule is CC(C)(C)C(NCc1nc(-c2cccc([N+](=O)[O-])c2)no1)c1ccccc1. The maximum atomic E-state index is 10.9. The van der Waals surface area contributed by atoms with Gasteiger partial charge in [-0.2, -0.15) is 4.98 Å². The van der Waals surface area contributed by atoms with Crippen LogP contribution in [0.3, 0.4) is 0 Å². The second kappa shape index (κ2) is 7.67. The molecule has 0 bridgehead atoms. The van der Waals surface area contributed by atoms with Gasteiger partial charge in [0.15, 0.2) is 0 Å². The molecule has 0 radical (unpaired) electrons. The van der Waals surface area contributed by atoms with E-state index in [0.29, 0.717) is 23.8 Å². The van der Waals surface area contributed by atoms with Gasteiger partial charge in [-0.1, -0.05) is 68.4 Å². The highest BCUT2D eigenvalue weighted by Gasteiger charge is 2.26. The van der Waals surface area contributed by atoms with Crippen LogP contribution in [0.25, 0.3) is 11.4 Å². The standard InChI is InChI=1S/C20H22N4O3/c1-20(2,3)18(14-8-5-4-6-9-14)21-13-17-22-19(23-27-17)15-10-7-11-16(12-15)24(25)26/h4-12,18,21H,13H2,1-3H3. The Morgan fingerprint density at radius 1 is 1.15 bits per heavy atom. The van der Waals surface area contributed by atoms with Gasteiger partial charge in [-0.05, 0) is 11.0 Å². The summed E-state index contributed by atoms with van der Waals surface area (Å²) in [4.78, 5) is 14.8. The van der Waals surface area contributed by atoms with Gasteiger partial charge < -0.3 is 9.84 Å². The number of nitro groups is 1. The summed E-state index contributed by atoms with van der Waals surface area (Å²) in [6.07, 6.45) is 0. The third-order valence-electron chi connectivity index (χ3n) is 4.24. The zero-order valence-corrected chi connectivity index (χ0v) is 15.5. The topological polar surface area (TPSA) is 94.1 Å². The molecule has 3 aromatic rings. The van der Waals surface area contributed by atoms with Gasteiger partial charge in [-0.15, -0.1) is 0 Å². The monoisotopic (exact) mass is 366 g/mol. The number of rotatable bonds is 6. The van der Waals surface area contributed by atoms with Gasteiger partial charge in [0.2, 0.25) is 11.7 Å². The van der Waals surface area contributed by atoms with Crippen LogP contribution in [0.4, 0.5) is 5.69 Å². The lowest BCUT2D eigenvalue weighted by Crippen LogP contribution is -2.32. The molecule has 0 saturated heterocycles. The average molecular weight is 366 g/mol. The molecule has 0 saturated carbocycles. The largest absolute Gasteiger partial charge is 0.338 e. The van der Waals surface area contributed by atoms with E-state index in [2.05, 4.69) is 48.4 Å². The van der Waals surface area contributed by atoms with Gasteiger partial charge >= 0.3 is 0 Å². The van der Waals surface area contributed by atoms with Crippen molar-refractivity contribution in [3.63, 3.8) is 0 Å². The van der Waals surface area contributed by atoms with Crippen molar-refractivity contribution >= 4 is 5.69 Å². The molecule has 1 N–H and O–H groups in total. The fraction of sp³-hybridized carbons (Fsp3) is 0.300. The molecular formula is C20H22N4O3. The van der Waals surface area contributed by atoms with Gasteiger partial charge in [0.25, 0.3) is 5.69 Å². The van der Waals surface area contributed by atoms with E-state index >= 15 is 0 Å².